The molecule has 1 saturated heterocycles. The zero-order valence-electron chi connectivity index (χ0n) is 13.3. The van der Waals surface area contributed by atoms with Crippen LogP contribution in [0.5, 0.6) is 0 Å². The van der Waals surface area contributed by atoms with Gasteiger partial charge in [-0.15, -0.1) is 0 Å². The first-order chi connectivity index (χ1) is 11.9. The topological polar surface area (TPSA) is 40.6 Å². The van der Waals surface area contributed by atoms with E-state index >= 15 is 0 Å². The molecule has 2 aromatic carbocycles. The summed E-state index contributed by atoms with van der Waals surface area (Å²) in [7, 11) is -3.70. The average molecular weight is 370 g/mol. The Morgan fingerprint density at radius 1 is 0.840 bits per heavy atom. The molecule has 2 aromatic rings. The maximum atomic E-state index is 13.7. The fourth-order valence-electron chi connectivity index (χ4n) is 2.79. The van der Waals surface area contributed by atoms with E-state index in [4.69, 9.17) is 0 Å². The van der Waals surface area contributed by atoms with Crippen LogP contribution in [0.1, 0.15) is 5.56 Å². The van der Waals surface area contributed by atoms with E-state index in [9.17, 15) is 21.6 Å². The second-order valence-electron chi connectivity index (χ2n) is 5.83. The highest BCUT2D eigenvalue weighted by atomic mass is 32.2. The maximum absolute atomic E-state index is 13.7. The molecule has 0 spiro atoms. The monoisotopic (exact) mass is 370 g/mol. The van der Waals surface area contributed by atoms with Gasteiger partial charge in [-0.25, -0.2) is 21.6 Å². The minimum Gasteiger partial charge on any atom is -0.296 e. The largest absolute Gasteiger partial charge is 0.296 e. The fraction of sp³-hybridized carbons (Fsp3) is 0.294. The van der Waals surface area contributed by atoms with E-state index in [1.165, 1.54) is 34.6 Å². The molecule has 1 aliphatic heterocycles. The molecule has 1 heterocycles. The quantitative estimate of drug-likeness (QED) is 0.831. The first kappa shape index (κ1) is 17.9. The van der Waals surface area contributed by atoms with Crippen LogP contribution in [0, 0.1) is 17.5 Å². The second-order valence-corrected chi connectivity index (χ2v) is 7.77. The number of benzene rings is 2. The Balaban J connectivity index is 1.66. The summed E-state index contributed by atoms with van der Waals surface area (Å²) >= 11 is 0. The highest BCUT2D eigenvalue weighted by Gasteiger charge is 2.29. The molecular formula is C17H17F3N2O2S. The number of sulfonamides is 1. The van der Waals surface area contributed by atoms with E-state index in [0.29, 0.717) is 13.1 Å². The van der Waals surface area contributed by atoms with Crippen molar-refractivity contribution in [3.8, 4) is 0 Å². The maximum Gasteiger partial charge on any atom is 0.243 e. The van der Waals surface area contributed by atoms with Crippen molar-refractivity contribution in [2.75, 3.05) is 26.2 Å². The number of halogens is 3. The third-order valence-electron chi connectivity index (χ3n) is 4.23. The molecule has 0 atom stereocenters. The smallest absolute Gasteiger partial charge is 0.243 e. The lowest BCUT2D eigenvalue weighted by Gasteiger charge is -2.34. The van der Waals surface area contributed by atoms with Gasteiger partial charge in [0.05, 0.1) is 4.90 Å². The average Bonchev–Trinajstić information content (AvgIpc) is 2.59. The van der Waals surface area contributed by atoms with Crippen LogP contribution in [-0.2, 0) is 16.6 Å². The van der Waals surface area contributed by atoms with Crippen LogP contribution < -0.4 is 0 Å². The van der Waals surface area contributed by atoms with Crippen LogP contribution in [0.2, 0.25) is 0 Å². The van der Waals surface area contributed by atoms with Crippen molar-refractivity contribution >= 4 is 10.0 Å². The summed E-state index contributed by atoms with van der Waals surface area (Å²) in [6, 6.07) is 8.37. The van der Waals surface area contributed by atoms with Crippen LogP contribution in [0.3, 0.4) is 0 Å². The SMILES string of the molecule is O=S(=O)(c1ccc(F)cc1)N1CCN(Cc2c(F)cccc2F)CC1. The van der Waals surface area contributed by atoms with Gasteiger partial charge in [0.15, 0.2) is 0 Å². The van der Waals surface area contributed by atoms with E-state index in [1.807, 2.05) is 0 Å². The number of rotatable bonds is 4. The van der Waals surface area contributed by atoms with Crippen LogP contribution >= 0.6 is 0 Å². The molecule has 3 rings (SSSR count). The van der Waals surface area contributed by atoms with Gasteiger partial charge < -0.3 is 0 Å². The van der Waals surface area contributed by atoms with Gasteiger partial charge in [0.2, 0.25) is 10.0 Å². The Kier molecular flexibility index (Phi) is 5.12. The lowest BCUT2D eigenvalue weighted by Crippen LogP contribution is -2.48. The molecule has 1 fully saturated rings. The predicted octanol–water partition coefficient (Wildman–Crippen LogP) is 2.61. The molecule has 0 unspecified atom stereocenters. The van der Waals surface area contributed by atoms with Crippen molar-refractivity contribution in [3.05, 3.63) is 65.5 Å². The Morgan fingerprint density at radius 3 is 1.96 bits per heavy atom. The first-order valence-corrected chi connectivity index (χ1v) is 9.23. The lowest BCUT2D eigenvalue weighted by molar-refractivity contribution is 0.178. The minimum atomic E-state index is -3.70. The first-order valence-electron chi connectivity index (χ1n) is 7.79. The number of piperazine rings is 1. The lowest BCUT2D eigenvalue weighted by atomic mass is 10.1. The molecule has 8 heteroatoms. The van der Waals surface area contributed by atoms with E-state index < -0.39 is 27.5 Å². The predicted molar refractivity (Wildman–Crippen MR) is 86.8 cm³/mol. The molecular weight excluding hydrogens is 353 g/mol. The molecule has 0 radical (unpaired) electrons. The summed E-state index contributed by atoms with van der Waals surface area (Å²) in [6.45, 7) is 1.21. The third kappa shape index (κ3) is 3.86. The van der Waals surface area contributed by atoms with E-state index in [0.717, 1.165) is 12.1 Å². The fourth-order valence-corrected chi connectivity index (χ4v) is 4.21. The highest BCUT2D eigenvalue weighted by molar-refractivity contribution is 7.89. The van der Waals surface area contributed by atoms with Gasteiger partial charge in [-0.1, -0.05) is 6.07 Å². The van der Waals surface area contributed by atoms with Crippen molar-refractivity contribution in [2.24, 2.45) is 0 Å². The zero-order valence-corrected chi connectivity index (χ0v) is 14.1. The van der Waals surface area contributed by atoms with Crippen LogP contribution in [0.4, 0.5) is 13.2 Å². The summed E-state index contributed by atoms with van der Waals surface area (Å²) in [6.07, 6.45) is 0. The van der Waals surface area contributed by atoms with Crippen LogP contribution in [0.25, 0.3) is 0 Å². The summed E-state index contributed by atoms with van der Waals surface area (Å²) in [4.78, 5) is 1.83. The van der Waals surface area contributed by atoms with Gasteiger partial charge >= 0.3 is 0 Å². The molecule has 4 nitrogen and oxygen atoms in total. The minimum absolute atomic E-state index is 0.0164. The van der Waals surface area contributed by atoms with Gasteiger partial charge in [0.25, 0.3) is 0 Å². The Morgan fingerprint density at radius 2 is 1.40 bits per heavy atom. The normalized spacial score (nSPS) is 16.9. The Bertz CT molecular complexity index is 828. The standard InChI is InChI=1S/C17H17F3N2O2S/c18-13-4-6-14(7-5-13)25(23,24)22-10-8-21(9-11-22)12-15-16(19)2-1-3-17(15)20/h1-7H,8-12H2. The van der Waals surface area contributed by atoms with Gasteiger partial charge in [-0.2, -0.15) is 4.31 Å². The van der Waals surface area contributed by atoms with Gasteiger partial charge in [0.1, 0.15) is 17.5 Å². The summed E-state index contributed by atoms with van der Waals surface area (Å²) in [5.41, 5.74) is -0.0164. The van der Waals surface area contributed by atoms with Crippen LogP contribution in [0.15, 0.2) is 47.4 Å². The van der Waals surface area contributed by atoms with E-state index in [2.05, 4.69) is 0 Å². The summed E-state index contributed by atoms with van der Waals surface area (Å²) in [5.74, 6) is -1.72. The number of hydrogen-bond acceptors (Lipinski definition) is 3. The summed E-state index contributed by atoms with van der Waals surface area (Å²) in [5, 5.41) is 0. The molecule has 0 aliphatic carbocycles. The molecule has 0 aromatic heterocycles. The van der Waals surface area contributed by atoms with Gasteiger partial charge in [-0.3, -0.25) is 4.90 Å². The molecule has 25 heavy (non-hydrogen) atoms. The zero-order chi connectivity index (χ0) is 18.0. The van der Waals surface area contributed by atoms with Crippen molar-refractivity contribution in [3.63, 3.8) is 0 Å². The van der Waals surface area contributed by atoms with E-state index in [1.54, 1.807) is 4.90 Å². The van der Waals surface area contributed by atoms with Crippen molar-refractivity contribution in [1.82, 2.24) is 9.21 Å². The molecule has 0 saturated carbocycles. The van der Waals surface area contributed by atoms with Crippen molar-refractivity contribution in [1.29, 1.82) is 0 Å². The third-order valence-corrected chi connectivity index (χ3v) is 6.14. The molecule has 134 valence electrons. The number of nitrogens with zero attached hydrogens (tertiary/aromatic N) is 2. The van der Waals surface area contributed by atoms with Gasteiger partial charge in [0, 0.05) is 38.3 Å². The van der Waals surface area contributed by atoms with Crippen molar-refractivity contribution < 1.29 is 21.6 Å². The molecule has 0 N–H and O–H groups in total. The van der Waals surface area contributed by atoms with Crippen LogP contribution in [-0.4, -0.2) is 43.8 Å². The number of hydrogen-bond donors (Lipinski definition) is 0. The Labute approximate surface area is 144 Å². The summed E-state index contributed by atoms with van der Waals surface area (Å²) < 4.78 is 66.8. The highest BCUT2D eigenvalue weighted by Crippen LogP contribution is 2.20. The van der Waals surface area contributed by atoms with E-state index in [-0.39, 0.29) is 30.1 Å². The Hall–Kier alpha value is -1.90. The molecule has 0 amide bonds. The second kappa shape index (κ2) is 7.15. The van der Waals surface area contributed by atoms with Gasteiger partial charge in [-0.05, 0) is 36.4 Å². The molecule has 1 aliphatic rings. The van der Waals surface area contributed by atoms with Crippen molar-refractivity contribution in [2.45, 2.75) is 11.4 Å². The molecule has 0 bridgehead atoms.